The first kappa shape index (κ1) is 16.5. The molecule has 0 fully saturated rings. The highest BCUT2D eigenvalue weighted by Gasteiger charge is 2.25. The lowest BCUT2D eigenvalue weighted by atomic mass is 9.85. The zero-order valence-electron chi connectivity index (χ0n) is 13.1. The van der Waals surface area contributed by atoms with Crippen LogP contribution in [-0.4, -0.2) is 4.98 Å². The Balaban J connectivity index is 1.81. The lowest BCUT2D eigenvalue weighted by molar-refractivity contribution is 0.450. The smallest absolute Gasteiger partial charge is 0.242 e. The molecule has 1 aliphatic rings. The number of rotatable bonds is 4. The number of hydrogen-bond acceptors (Lipinski definition) is 3. The molecule has 0 aliphatic heterocycles. The number of benzene rings is 1. The molecule has 0 saturated carbocycles. The molecule has 124 valence electrons. The molecule has 0 bridgehead atoms. The maximum Gasteiger partial charge on any atom is 0.242 e. The molecule has 3 rings (SSSR count). The standard InChI is InChI=1S/C19H18ClFN2O/c1-2-15(21)7-8-16(22)19-23-17-11-13(6-9-18(17)24-19)12-4-3-5-14(20)10-12/h2-5,7-8,10,13H,1,6,9,11,22H2/b15-7+,16-8-. The Morgan fingerprint density at radius 2 is 2.25 bits per heavy atom. The third kappa shape index (κ3) is 3.60. The van der Waals surface area contributed by atoms with Gasteiger partial charge in [0.2, 0.25) is 5.89 Å². The SMILES string of the molecule is C=C/C(F)=C\C=C(/N)c1nc2c(o1)CCC(c1cccc(Cl)c1)C2. The fraction of sp³-hybridized carbons (Fsp3) is 0.211. The largest absolute Gasteiger partial charge is 0.440 e. The van der Waals surface area contributed by atoms with Gasteiger partial charge < -0.3 is 10.2 Å². The van der Waals surface area contributed by atoms with Gasteiger partial charge in [0.15, 0.2) is 0 Å². The van der Waals surface area contributed by atoms with Crippen molar-refractivity contribution in [2.45, 2.75) is 25.2 Å². The Morgan fingerprint density at radius 1 is 1.42 bits per heavy atom. The molecular formula is C19H18ClFN2O. The van der Waals surface area contributed by atoms with Crippen LogP contribution in [0, 0.1) is 0 Å². The predicted octanol–water partition coefficient (Wildman–Crippen LogP) is 4.94. The van der Waals surface area contributed by atoms with E-state index in [9.17, 15) is 4.39 Å². The van der Waals surface area contributed by atoms with Gasteiger partial charge in [-0.05, 0) is 48.3 Å². The highest BCUT2D eigenvalue weighted by molar-refractivity contribution is 6.30. The highest BCUT2D eigenvalue weighted by Crippen LogP contribution is 2.34. The van der Waals surface area contributed by atoms with E-state index in [1.165, 1.54) is 17.7 Å². The third-order valence-electron chi connectivity index (χ3n) is 4.12. The van der Waals surface area contributed by atoms with E-state index in [0.717, 1.165) is 41.8 Å². The van der Waals surface area contributed by atoms with Crippen LogP contribution >= 0.6 is 11.6 Å². The number of nitrogens with two attached hydrogens (primary N) is 1. The molecule has 0 amide bonds. The first-order valence-electron chi connectivity index (χ1n) is 7.76. The molecule has 1 heterocycles. The number of allylic oxidation sites excluding steroid dienone is 4. The Kier molecular flexibility index (Phi) is 4.86. The lowest BCUT2D eigenvalue weighted by Crippen LogP contribution is -2.12. The Labute approximate surface area is 145 Å². The number of halogens is 2. The van der Waals surface area contributed by atoms with Crippen LogP contribution in [0.1, 0.15) is 35.2 Å². The van der Waals surface area contributed by atoms with Crippen molar-refractivity contribution < 1.29 is 8.81 Å². The summed E-state index contributed by atoms with van der Waals surface area (Å²) in [6.07, 6.45) is 6.33. The van der Waals surface area contributed by atoms with E-state index in [1.807, 2.05) is 18.2 Å². The Hall–Kier alpha value is -2.33. The van der Waals surface area contributed by atoms with Crippen molar-refractivity contribution in [3.8, 4) is 0 Å². The van der Waals surface area contributed by atoms with Gasteiger partial charge in [-0.15, -0.1) is 0 Å². The Bertz CT molecular complexity index is 823. The number of oxazole rings is 1. The van der Waals surface area contributed by atoms with Crippen molar-refractivity contribution in [1.82, 2.24) is 4.98 Å². The molecular weight excluding hydrogens is 327 g/mol. The fourth-order valence-corrected chi connectivity index (χ4v) is 3.05. The quantitative estimate of drug-likeness (QED) is 0.799. The number of fused-ring (bicyclic) bond motifs is 1. The van der Waals surface area contributed by atoms with E-state index in [4.69, 9.17) is 21.8 Å². The van der Waals surface area contributed by atoms with Crippen LogP contribution in [0.3, 0.4) is 0 Å². The van der Waals surface area contributed by atoms with Gasteiger partial charge in [-0.1, -0.05) is 30.3 Å². The molecule has 3 nitrogen and oxygen atoms in total. The zero-order chi connectivity index (χ0) is 17.1. The summed E-state index contributed by atoms with van der Waals surface area (Å²) in [5.41, 5.74) is 8.32. The Morgan fingerprint density at radius 3 is 3.00 bits per heavy atom. The number of nitrogens with zero attached hydrogens (tertiary/aromatic N) is 1. The average Bonchev–Trinajstić information content (AvgIpc) is 3.02. The zero-order valence-corrected chi connectivity index (χ0v) is 13.9. The van der Waals surface area contributed by atoms with Gasteiger partial charge in [0, 0.05) is 17.9 Å². The van der Waals surface area contributed by atoms with E-state index in [1.54, 1.807) is 0 Å². The normalized spacial score (nSPS) is 18.3. The summed E-state index contributed by atoms with van der Waals surface area (Å²) >= 11 is 6.08. The second-order valence-corrected chi connectivity index (χ2v) is 6.20. The molecule has 1 aromatic carbocycles. The molecule has 2 aromatic rings. The van der Waals surface area contributed by atoms with Crippen LogP contribution in [0.2, 0.25) is 5.02 Å². The molecule has 1 unspecified atom stereocenters. The minimum atomic E-state index is -0.463. The highest BCUT2D eigenvalue weighted by atomic mass is 35.5. The molecule has 1 aromatic heterocycles. The first-order valence-corrected chi connectivity index (χ1v) is 8.14. The molecule has 24 heavy (non-hydrogen) atoms. The van der Waals surface area contributed by atoms with E-state index in [-0.39, 0.29) is 0 Å². The van der Waals surface area contributed by atoms with Crippen LogP contribution in [-0.2, 0) is 12.8 Å². The van der Waals surface area contributed by atoms with Gasteiger partial charge in [-0.3, -0.25) is 0 Å². The summed E-state index contributed by atoms with van der Waals surface area (Å²) in [7, 11) is 0. The van der Waals surface area contributed by atoms with Gasteiger partial charge in [-0.2, -0.15) is 0 Å². The van der Waals surface area contributed by atoms with E-state index < -0.39 is 5.83 Å². The number of aryl methyl sites for hydroxylation is 1. The molecule has 1 atom stereocenters. The van der Waals surface area contributed by atoms with Crippen molar-refractivity contribution >= 4 is 17.3 Å². The molecule has 1 aliphatic carbocycles. The molecule has 5 heteroatoms. The van der Waals surface area contributed by atoms with E-state index >= 15 is 0 Å². The number of aromatic nitrogens is 1. The minimum absolute atomic E-state index is 0.292. The van der Waals surface area contributed by atoms with Crippen LogP contribution in [0.15, 0.2) is 59.3 Å². The molecule has 2 N–H and O–H groups in total. The first-order chi connectivity index (χ1) is 11.6. The maximum absolute atomic E-state index is 13.1. The summed E-state index contributed by atoms with van der Waals surface area (Å²) in [4.78, 5) is 4.48. The second kappa shape index (κ2) is 7.05. The third-order valence-corrected chi connectivity index (χ3v) is 4.36. The van der Waals surface area contributed by atoms with Gasteiger partial charge in [0.1, 0.15) is 11.6 Å². The van der Waals surface area contributed by atoms with Crippen molar-refractivity contribution in [1.29, 1.82) is 0 Å². The van der Waals surface area contributed by atoms with Crippen molar-refractivity contribution in [2.24, 2.45) is 5.73 Å². The van der Waals surface area contributed by atoms with Gasteiger partial charge in [0.25, 0.3) is 0 Å². The summed E-state index contributed by atoms with van der Waals surface area (Å²) in [6, 6.07) is 7.91. The minimum Gasteiger partial charge on any atom is -0.440 e. The summed E-state index contributed by atoms with van der Waals surface area (Å²) in [5, 5.41) is 0.738. The van der Waals surface area contributed by atoms with Crippen LogP contribution < -0.4 is 5.73 Å². The predicted molar refractivity (Wildman–Crippen MR) is 94.3 cm³/mol. The summed E-state index contributed by atoms with van der Waals surface area (Å²) < 4.78 is 18.8. The van der Waals surface area contributed by atoms with Crippen molar-refractivity contribution in [3.63, 3.8) is 0 Å². The molecule has 0 spiro atoms. The lowest BCUT2D eigenvalue weighted by Gasteiger charge is -2.20. The molecule has 0 radical (unpaired) electrons. The van der Waals surface area contributed by atoms with Crippen molar-refractivity contribution in [3.05, 3.63) is 82.8 Å². The van der Waals surface area contributed by atoms with Crippen LogP contribution in [0.4, 0.5) is 4.39 Å². The monoisotopic (exact) mass is 344 g/mol. The van der Waals surface area contributed by atoms with Crippen molar-refractivity contribution in [2.75, 3.05) is 0 Å². The van der Waals surface area contributed by atoms with Gasteiger partial charge >= 0.3 is 0 Å². The van der Waals surface area contributed by atoms with Crippen LogP contribution in [0.5, 0.6) is 0 Å². The summed E-state index contributed by atoms with van der Waals surface area (Å²) in [6.45, 7) is 3.35. The van der Waals surface area contributed by atoms with Gasteiger partial charge in [-0.25, -0.2) is 9.37 Å². The van der Waals surface area contributed by atoms with E-state index in [0.29, 0.717) is 17.5 Å². The maximum atomic E-state index is 13.1. The summed E-state index contributed by atoms with van der Waals surface area (Å²) in [5.74, 6) is 1.08. The van der Waals surface area contributed by atoms with E-state index in [2.05, 4.69) is 17.6 Å². The van der Waals surface area contributed by atoms with Gasteiger partial charge in [0.05, 0.1) is 11.4 Å². The molecule has 0 saturated heterocycles. The van der Waals surface area contributed by atoms with Crippen LogP contribution in [0.25, 0.3) is 5.70 Å². The number of hydrogen-bond donors (Lipinski definition) is 1. The second-order valence-electron chi connectivity index (χ2n) is 5.76. The topological polar surface area (TPSA) is 52.0 Å². The fourth-order valence-electron chi connectivity index (χ4n) is 2.86. The average molecular weight is 345 g/mol.